The van der Waals surface area contributed by atoms with E-state index in [2.05, 4.69) is 110 Å². The van der Waals surface area contributed by atoms with E-state index in [1.807, 2.05) is 0 Å². The summed E-state index contributed by atoms with van der Waals surface area (Å²) < 4.78 is 0. The van der Waals surface area contributed by atoms with Crippen LogP contribution in [-0.2, 0) is 0 Å². The Balaban J connectivity index is 1.51. The normalized spacial score (nSPS) is 14.5. The molecule has 3 aromatic rings. The fourth-order valence-electron chi connectivity index (χ4n) is 4.25. The first-order valence-corrected chi connectivity index (χ1v) is 11.6. The summed E-state index contributed by atoms with van der Waals surface area (Å²) in [7, 11) is 0. The molecule has 0 aliphatic heterocycles. The van der Waals surface area contributed by atoms with Gasteiger partial charge in [0.25, 0.3) is 0 Å². The molecule has 1 heteroatoms. The van der Waals surface area contributed by atoms with E-state index < -0.39 is 0 Å². The van der Waals surface area contributed by atoms with Gasteiger partial charge in [0.15, 0.2) is 0 Å². The van der Waals surface area contributed by atoms with Crippen LogP contribution < -0.4 is 5.32 Å². The lowest BCUT2D eigenvalue weighted by atomic mass is 9.95. The minimum atomic E-state index is 0.643. The molecule has 1 fully saturated rings. The van der Waals surface area contributed by atoms with E-state index >= 15 is 0 Å². The lowest BCUT2D eigenvalue weighted by Crippen LogP contribution is -2.22. The maximum atomic E-state index is 3.70. The molecule has 0 heterocycles. The van der Waals surface area contributed by atoms with Gasteiger partial charge in [0.05, 0.1) is 0 Å². The standard InChI is InChI=1S/C30H33N/c1-23-11-17-26(18-12-23)30(27-19-13-24(2)14-20-27)10-6-7-25-15-21-29(22-16-25)31-28-8-4-3-5-9-28/h6-7,10-22,28,31H,3-5,8-9H2,1-2H3. The Bertz CT molecular complexity index is 968. The number of rotatable bonds is 6. The third kappa shape index (κ3) is 5.98. The zero-order valence-corrected chi connectivity index (χ0v) is 18.8. The average molecular weight is 408 g/mol. The predicted octanol–water partition coefficient (Wildman–Crippen LogP) is 8.19. The summed E-state index contributed by atoms with van der Waals surface area (Å²) >= 11 is 0. The molecule has 0 atom stereocenters. The highest BCUT2D eigenvalue weighted by molar-refractivity contribution is 5.81. The van der Waals surface area contributed by atoms with Crippen LogP contribution in [0.3, 0.4) is 0 Å². The van der Waals surface area contributed by atoms with Crippen LogP contribution in [-0.4, -0.2) is 6.04 Å². The number of aryl methyl sites for hydroxylation is 2. The second-order valence-electron chi connectivity index (χ2n) is 8.77. The molecule has 0 amide bonds. The Morgan fingerprint density at radius 3 is 1.81 bits per heavy atom. The van der Waals surface area contributed by atoms with Crippen molar-refractivity contribution in [2.24, 2.45) is 0 Å². The van der Waals surface area contributed by atoms with Gasteiger partial charge in [-0.05, 0) is 61.1 Å². The van der Waals surface area contributed by atoms with Crippen molar-refractivity contribution < 1.29 is 0 Å². The predicted molar refractivity (Wildman–Crippen MR) is 135 cm³/mol. The lowest BCUT2D eigenvalue weighted by Gasteiger charge is -2.23. The highest BCUT2D eigenvalue weighted by Gasteiger charge is 2.12. The van der Waals surface area contributed by atoms with Crippen molar-refractivity contribution in [3.05, 3.63) is 113 Å². The van der Waals surface area contributed by atoms with Crippen LogP contribution in [0, 0.1) is 13.8 Å². The molecular weight excluding hydrogens is 374 g/mol. The molecule has 1 nitrogen and oxygen atoms in total. The fourth-order valence-corrected chi connectivity index (χ4v) is 4.25. The van der Waals surface area contributed by atoms with Crippen LogP contribution >= 0.6 is 0 Å². The molecule has 0 unspecified atom stereocenters. The van der Waals surface area contributed by atoms with E-state index in [9.17, 15) is 0 Å². The van der Waals surface area contributed by atoms with Crippen LogP contribution in [0.2, 0.25) is 0 Å². The van der Waals surface area contributed by atoms with Crippen LogP contribution in [0.15, 0.2) is 84.9 Å². The molecule has 31 heavy (non-hydrogen) atoms. The summed E-state index contributed by atoms with van der Waals surface area (Å²) in [6.45, 7) is 4.26. The number of allylic oxidation sites excluding steroid dienone is 2. The van der Waals surface area contributed by atoms with Gasteiger partial charge in [0, 0.05) is 11.7 Å². The molecular formula is C30H33N. The molecule has 0 bridgehead atoms. The first kappa shape index (κ1) is 21.2. The number of hydrogen-bond donors (Lipinski definition) is 1. The minimum Gasteiger partial charge on any atom is -0.382 e. The van der Waals surface area contributed by atoms with Crippen molar-refractivity contribution in [3.63, 3.8) is 0 Å². The summed E-state index contributed by atoms with van der Waals surface area (Å²) in [6.07, 6.45) is 13.3. The molecule has 1 aliphatic carbocycles. The fraction of sp³-hybridized carbons (Fsp3) is 0.267. The summed E-state index contributed by atoms with van der Waals surface area (Å²) in [6, 6.07) is 27.0. The molecule has 1 saturated carbocycles. The maximum Gasteiger partial charge on any atom is 0.0342 e. The molecule has 1 aliphatic rings. The maximum absolute atomic E-state index is 3.70. The Hall–Kier alpha value is -3.06. The van der Waals surface area contributed by atoms with Gasteiger partial charge in [-0.25, -0.2) is 0 Å². The summed E-state index contributed by atoms with van der Waals surface area (Å²) in [5.74, 6) is 0. The first-order valence-electron chi connectivity index (χ1n) is 11.6. The molecule has 4 rings (SSSR count). The molecule has 0 spiro atoms. The molecule has 158 valence electrons. The van der Waals surface area contributed by atoms with Gasteiger partial charge in [-0.15, -0.1) is 0 Å². The quantitative estimate of drug-likeness (QED) is 0.406. The zero-order valence-electron chi connectivity index (χ0n) is 18.8. The van der Waals surface area contributed by atoms with E-state index in [0.717, 1.165) is 0 Å². The van der Waals surface area contributed by atoms with Crippen LogP contribution in [0.5, 0.6) is 0 Å². The topological polar surface area (TPSA) is 12.0 Å². The summed E-state index contributed by atoms with van der Waals surface area (Å²) in [4.78, 5) is 0. The number of anilines is 1. The van der Waals surface area contributed by atoms with Crippen molar-refractivity contribution in [3.8, 4) is 0 Å². The Morgan fingerprint density at radius 1 is 0.710 bits per heavy atom. The van der Waals surface area contributed by atoms with E-state index in [1.165, 1.54) is 71.2 Å². The summed E-state index contributed by atoms with van der Waals surface area (Å²) in [5, 5.41) is 3.70. The SMILES string of the molecule is Cc1ccc(C(=CC=Cc2ccc(NC3CCCCC3)cc2)c2ccc(C)cc2)cc1. The van der Waals surface area contributed by atoms with Crippen molar-refractivity contribution >= 4 is 17.3 Å². The van der Waals surface area contributed by atoms with Crippen LogP contribution in [0.1, 0.15) is 59.9 Å². The molecule has 1 N–H and O–H groups in total. The first-order chi connectivity index (χ1) is 15.2. The van der Waals surface area contributed by atoms with E-state index in [-0.39, 0.29) is 0 Å². The number of nitrogens with one attached hydrogen (secondary N) is 1. The van der Waals surface area contributed by atoms with Gasteiger partial charge in [-0.3, -0.25) is 0 Å². The molecule has 0 saturated heterocycles. The minimum absolute atomic E-state index is 0.643. The monoisotopic (exact) mass is 407 g/mol. The van der Waals surface area contributed by atoms with E-state index in [4.69, 9.17) is 0 Å². The number of benzene rings is 3. The average Bonchev–Trinajstić information content (AvgIpc) is 2.80. The van der Waals surface area contributed by atoms with Crippen molar-refractivity contribution in [2.75, 3.05) is 5.32 Å². The van der Waals surface area contributed by atoms with Gasteiger partial charge < -0.3 is 5.32 Å². The van der Waals surface area contributed by atoms with E-state index in [1.54, 1.807) is 0 Å². The van der Waals surface area contributed by atoms with Gasteiger partial charge in [0.1, 0.15) is 0 Å². The zero-order chi connectivity index (χ0) is 21.5. The highest BCUT2D eigenvalue weighted by Crippen LogP contribution is 2.25. The Labute approximate surface area is 187 Å². The number of hydrogen-bond acceptors (Lipinski definition) is 1. The largest absolute Gasteiger partial charge is 0.382 e. The van der Waals surface area contributed by atoms with Gasteiger partial charge in [-0.2, -0.15) is 0 Å². The van der Waals surface area contributed by atoms with E-state index in [0.29, 0.717) is 6.04 Å². The third-order valence-electron chi connectivity index (χ3n) is 6.16. The van der Waals surface area contributed by atoms with Crippen molar-refractivity contribution in [1.82, 2.24) is 0 Å². The molecule has 3 aromatic carbocycles. The Kier molecular flexibility index (Phi) is 7.04. The molecule has 0 aromatic heterocycles. The highest BCUT2D eigenvalue weighted by atomic mass is 14.9. The second-order valence-corrected chi connectivity index (χ2v) is 8.77. The smallest absolute Gasteiger partial charge is 0.0342 e. The van der Waals surface area contributed by atoms with Crippen LogP contribution in [0.25, 0.3) is 11.6 Å². The third-order valence-corrected chi connectivity index (χ3v) is 6.16. The van der Waals surface area contributed by atoms with Crippen molar-refractivity contribution in [1.29, 1.82) is 0 Å². The summed E-state index contributed by atoms with van der Waals surface area (Å²) in [5.41, 5.74) is 8.75. The van der Waals surface area contributed by atoms with Gasteiger partial charge in [0.2, 0.25) is 0 Å². The second kappa shape index (κ2) is 10.3. The molecule has 0 radical (unpaired) electrons. The Morgan fingerprint density at radius 2 is 1.26 bits per heavy atom. The van der Waals surface area contributed by atoms with Gasteiger partial charge in [-0.1, -0.05) is 109 Å². The van der Waals surface area contributed by atoms with Crippen molar-refractivity contribution in [2.45, 2.75) is 52.0 Å². The lowest BCUT2D eigenvalue weighted by molar-refractivity contribution is 0.463. The van der Waals surface area contributed by atoms with Crippen LogP contribution in [0.4, 0.5) is 5.69 Å². The van der Waals surface area contributed by atoms with Gasteiger partial charge >= 0.3 is 0 Å².